The number of hydrogen-bond donors (Lipinski definition) is 1. The summed E-state index contributed by atoms with van der Waals surface area (Å²) in [5.41, 5.74) is 2.96. The minimum absolute atomic E-state index is 0.0420. The zero-order valence-electron chi connectivity index (χ0n) is 18.6. The molecule has 8 nitrogen and oxygen atoms in total. The van der Waals surface area contributed by atoms with Gasteiger partial charge in [-0.3, -0.25) is 4.79 Å². The number of aryl methyl sites for hydroxylation is 1. The van der Waals surface area contributed by atoms with Crippen LogP contribution >= 0.6 is 0 Å². The predicted octanol–water partition coefficient (Wildman–Crippen LogP) is 3.60. The summed E-state index contributed by atoms with van der Waals surface area (Å²) in [5, 5.41) is 11.4. The van der Waals surface area contributed by atoms with E-state index < -0.39 is 0 Å². The van der Waals surface area contributed by atoms with Crippen molar-refractivity contribution >= 4 is 11.9 Å². The summed E-state index contributed by atoms with van der Waals surface area (Å²) in [4.78, 5) is 14.8. The van der Waals surface area contributed by atoms with Gasteiger partial charge >= 0.3 is 6.01 Å². The molecule has 2 heterocycles. The van der Waals surface area contributed by atoms with Crippen molar-refractivity contribution in [3.63, 3.8) is 0 Å². The predicted molar refractivity (Wildman–Crippen MR) is 121 cm³/mol. The number of amides is 1. The molecule has 4 rings (SSSR count). The summed E-state index contributed by atoms with van der Waals surface area (Å²) in [6.07, 6.45) is 1.45. The third-order valence-corrected chi connectivity index (χ3v) is 5.79. The van der Waals surface area contributed by atoms with Crippen LogP contribution in [0.1, 0.15) is 24.0 Å². The van der Waals surface area contributed by atoms with Gasteiger partial charge in [-0.25, -0.2) is 0 Å². The maximum Gasteiger partial charge on any atom is 0.318 e. The molecule has 0 bridgehead atoms. The van der Waals surface area contributed by atoms with Crippen LogP contribution in [-0.2, 0) is 11.3 Å². The molecule has 1 N–H and O–H groups in total. The number of hydrogen-bond acceptors (Lipinski definition) is 7. The first-order chi connectivity index (χ1) is 15.6. The highest BCUT2D eigenvalue weighted by atomic mass is 16.5. The number of para-hydroxylation sites is 1. The first-order valence-electron chi connectivity index (χ1n) is 10.7. The normalized spacial score (nSPS) is 14.3. The Morgan fingerprint density at radius 2 is 1.84 bits per heavy atom. The van der Waals surface area contributed by atoms with Crippen molar-refractivity contribution in [1.82, 2.24) is 15.5 Å². The third kappa shape index (κ3) is 4.69. The molecule has 2 aromatic carbocycles. The SMILES string of the molecule is COc1cccc(CNC(=O)C2CCN(c3nnc(-c4ccc(C)cc4)o3)CC2)c1OC. The number of aromatic nitrogens is 2. The summed E-state index contributed by atoms with van der Waals surface area (Å²) in [6.45, 7) is 3.81. The number of methoxy groups -OCH3 is 2. The molecule has 0 saturated carbocycles. The summed E-state index contributed by atoms with van der Waals surface area (Å²) in [5.74, 6) is 1.79. The highest BCUT2D eigenvalue weighted by Gasteiger charge is 2.27. The van der Waals surface area contributed by atoms with Crippen LogP contribution in [-0.4, -0.2) is 43.4 Å². The molecule has 3 aromatic rings. The average molecular weight is 437 g/mol. The number of piperidine rings is 1. The number of ether oxygens (including phenoxy) is 2. The van der Waals surface area contributed by atoms with Gasteiger partial charge in [-0.1, -0.05) is 34.9 Å². The van der Waals surface area contributed by atoms with Crippen molar-refractivity contribution in [2.45, 2.75) is 26.3 Å². The lowest BCUT2D eigenvalue weighted by molar-refractivity contribution is -0.125. The number of nitrogens with one attached hydrogen (secondary N) is 1. The molecule has 1 aliphatic rings. The van der Waals surface area contributed by atoms with E-state index in [0.717, 1.165) is 24.0 Å². The van der Waals surface area contributed by atoms with Gasteiger partial charge in [0, 0.05) is 36.7 Å². The van der Waals surface area contributed by atoms with Crippen LogP contribution in [0.5, 0.6) is 11.5 Å². The van der Waals surface area contributed by atoms with Crippen molar-refractivity contribution in [3.8, 4) is 23.0 Å². The molecule has 1 aromatic heterocycles. The Bertz CT molecular complexity index is 1060. The first-order valence-corrected chi connectivity index (χ1v) is 10.7. The van der Waals surface area contributed by atoms with Crippen LogP contribution in [0.3, 0.4) is 0 Å². The first kappa shape index (κ1) is 21.7. The maximum atomic E-state index is 12.7. The van der Waals surface area contributed by atoms with E-state index in [4.69, 9.17) is 13.9 Å². The van der Waals surface area contributed by atoms with E-state index in [1.54, 1.807) is 14.2 Å². The number of nitrogens with zero attached hydrogens (tertiary/aromatic N) is 3. The summed E-state index contributed by atoms with van der Waals surface area (Å²) < 4.78 is 16.6. The van der Waals surface area contributed by atoms with Gasteiger partial charge in [-0.05, 0) is 38.0 Å². The molecule has 0 atom stereocenters. The fourth-order valence-electron chi connectivity index (χ4n) is 3.91. The third-order valence-electron chi connectivity index (χ3n) is 5.79. The Hall–Kier alpha value is -3.55. The highest BCUT2D eigenvalue weighted by Crippen LogP contribution is 2.31. The van der Waals surface area contributed by atoms with E-state index in [-0.39, 0.29) is 11.8 Å². The zero-order chi connectivity index (χ0) is 22.5. The molecule has 1 saturated heterocycles. The number of anilines is 1. The molecule has 1 aliphatic heterocycles. The van der Waals surface area contributed by atoms with Crippen LogP contribution in [0.2, 0.25) is 0 Å². The van der Waals surface area contributed by atoms with Gasteiger partial charge in [0.1, 0.15) is 0 Å². The highest BCUT2D eigenvalue weighted by molar-refractivity contribution is 5.79. The molecule has 32 heavy (non-hydrogen) atoms. The molecular formula is C24H28N4O4. The second-order valence-electron chi connectivity index (χ2n) is 7.89. The minimum atomic E-state index is -0.0534. The Labute approximate surface area is 187 Å². The fourth-order valence-corrected chi connectivity index (χ4v) is 3.91. The molecule has 0 unspecified atom stereocenters. The maximum absolute atomic E-state index is 12.7. The molecule has 0 aliphatic carbocycles. The van der Waals surface area contributed by atoms with Crippen LogP contribution in [0.25, 0.3) is 11.5 Å². The standard InChI is InChI=1S/C24H28N4O4/c1-16-7-9-18(10-8-16)23-26-27-24(32-23)28-13-11-17(12-14-28)22(29)25-15-19-5-4-6-20(30-2)21(19)31-3/h4-10,17H,11-15H2,1-3H3,(H,25,29). The van der Waals surface area contributed by atoms with Crippen molar-refractivity contribution in [3.05, 3.63) is 53.6 Å². The largest absolute Gasteiger partial charge is 0.493 e. The second-order valence-corrected chi connectivity index (χ2v) is 7.89. The van der Waals surface area contributed by atoms with Crippen LogP contribution < -0.4 is 19.7 Å². The van der Waals surface area contributed by atoms with Gasteiger partial charge in [-0.2, -0.15) is 0 Å². The molecule has 0 spiro atoms. The molecule has 0 radical (unpaired) electrons. The lowest BCUT2D eigenvalue weighted by Gasteiger charge is -2.29. The number of carbonyl (C=O) groups is 1. The Morgan fingerprint density at radius 3 is 2.53 bits per heavy atom. The molecular weight excluding hydrogens is 408 g/mol. The number of rotatable bonds is 7. The Balaban J connectivity index is 1.31. The van der Waals surface area contributed by atoms with Gasteiger partial charge in [0.05, 0.1) is 14.2 Å². The lowest BCUT2D eigenvalue weighted by atomic mass is 9.96. The number of carbonyl (C=O) groups excluding carboxylic acids is 1. The van der Waals surface area contributed by atoms with Crippen molar-refractivity contribution in [2.75, 3.05) is 32.2 Å². The fraction of sp³-hybridized carbons (Fsp3) is 0.375. The van der Waals surface area contributed by atoms with E-state index in [0.29, 0.717) is 43.0 Å². The van der Waals surface area contributed by atoms with Gasteiger partial charge in [0.25, 0.3) is 0 Å². The van der Waals surface area contributed by atoms with Crippen molar-refractivity contribution < 1.29 is 18.7 Å². The van der Waals surface area contributed by atoms with Gasteiger partial charge < -0.3 is 24.1 Å². The van der Waals surface area contributed by atoms with E-state index >= 15 is 0 Å². The lowest BCUT2D eigenvalue weighted by Crippen LogP contribution is -2.40. The van der Waals surface area contributed by atoms with Crippen molar-refractivity contribution in [1.29, 1.82) is 0 Å². The minimum Gasteiger partial charge on any atom is -0.493 e. The van der Waals surface area contributed by atoms with E-state index in [1.165, 1.54) is 5.56 Å². The molecule has 168 valence electrons. The molecule has 1 fully saturated rings. The van der Waals surface area contributed by atoms with E-state index in [1.807, 2.05) is 54.3 Å². The summed E-state index contributed by atoms with van der Waals surface area (Å²) in [7, 11) is 3.20. The second kappa shape index (κ2) is 9.72. The van der Waals surface area contributed by atoms with Gasteiger partial charge in [-0.15, -0.1) is 5.10 Å². The van der Waals surface area contributed by atoms with E-state index in [9.17, 15) is 4.79 Å². The quantitative estimate of drug-likeness (QED) is 0.605. The zero-order valence-corrected chi connectivity index (χ0v) is 18.6. The van der Waals surface area contributed by atoms with Crippen LogP contribution in [0, 0.1) is 12.8 Å². The monoisotopic (exact) mass is 436 g/mol. The van der Waals surface area contributed by atoms with Crippen LogP contribution in [0.4, 0.5) is 6.01 Å². The smallest absolute Gasteiger partial charge is 0.318 e. The van der Waals surface area contributed by atoms with Gasteiger partial charge in [0.15, 0.2) is 11.5 Å². The summed E-state index contributed by atoms with van der Waals surface area (Å²) in [6, 6.07) is 14.1. The number of benzene rings is 2. The molecule has 1 amide bonds. The van der Waals surface area contributed by atoms with Gasteiger partial charge in [0.2, 0.25) is 11.8 Å². The molecule has 8 heteroatoms. The average Bonchev–Trinajstić information content (AvgIpc) is 3.33. The van der Waals surface area contributed by atoms with Crippen molar-refractivity contribution in [2.24, 2.45) is 5.92 Å². The Kier molecular flexibility index (Phi) is 6.58. The van der Waals surface area contributed by atoms with E-state index in [2.05, 4.69) is 15.5 Å². The Morgan fingerprint density at radius 1 is 1.09 bits per heavy atom. The summed E-state index contributed by atoms with van der Waals surface area (Å²) >= 11 is 0. The van der Waals surface area contributed by atoms with Crippen LogP contribution in [0.15, 0.2) is 46.9 Å². The topological polar surface area (TPSA) is 89.7 Å².